The zero-order valence-corrected chi connectivity index (χ0v) is 10.1. The van der Waals surface area contributed by atoms with E-state index in [-0.39, 0.29) is 0 Å². The van der Waals surface area contributed by atoms with Crippen molar-refractivity contribution in [2.75, 3.05) is 5.32 Å². The van der Waals surface area contributed by atoms with Gasteiger partial charge in [-0.2, -0.15) is 0 Å². The van der Waals surface area contributed by atoms with Crippen LogP contribution in [0.3, 0.4) is 0 Å². The van der Waals surface area contributed by atoms with Gasteiger partial charge >= 0.3 is 0 Å². The predicted octanol–water partition coefficient (Wildman–Crippen LogP) is 3.57. The third-order valence-electron chi connectivity index (χ3n) is 3.57. The van der Waals surface area contributed by atoms with E-state index < -0.39 is 0 Å². The van der Waals surface area contributed by atoms with Gasteiger partial charge in [-0.3, -0.25) is 0 Å². The molecule has 1 aliphatic rings. The van der Waals surface area contributed by atoms with E-state index in [1.54, 1.807) is 0 Å². The van der Waals surface area contributed by atoms with Gasteiger partial charge < -0.3 is 5.32 Å². The van der Waals surface area contributed by atoms with Crippen LogP contribution in [0.5, 0.6) is 0 Å². The molecule has 1 atom stereocenters. The van der Waals surface area contributed by atoms with Gasteiger partial charge in [0.2, 0.25) is 0 Å². The van der Waals surface area contributed by atoms with Crippen LogP contribution in [0, 0.1) is 6.92 Å². The van der Waals surface area contributed by atoms with E-state index in [4.69, 9.17) is 0 Å². The van der Waals surface area contributed by atoms with Crippen molar-refractivity contribution >= 4 is 5.69 Å². The maximum absolute atomic E-state index is 3.61. The Morgan fingerprint density at radius 3 is 2.65 bits per heavy atom. The third-order valence-corrected chi connectivity index (χ3v) is 3.57. The van der Waals surface area contributed by atoms with Gasteiger partial charge in [0.25, 0.3) is 0 Å². The molecule has 0 aliphatic carbocycles. The van der Waals surface area contributed by atoms with Crippen molar-refractivity contribution in [3.8, 4) is 0 Å². The highest BCUT2D eigenvalue weighted by molar-refractivity contribution is 5.56. The van der Waals surface area contributed by atoms with E-state index in [0.717, 1.165) is 12.8 Å². The fourth-order valence-corrected chi connectivity index (χ4v) is 2.60. The van der Waals surface area contributed by atoms with Crippen LogP contribution >= 0.6 is 0 Å². The molecule has 1 nitrogen and oxygen atoms in total. The van der Waals surface area contributed by atoms with Crippen molar-refractivity contribution in [2.24, 2.45) is 0 Å². The third kappa shape index (κ3) is 2.05. The first-order chi connectivity index (χ1) is 8.33. The normalized spacial score (nSPS) is 17.6. The van der Waals surface area contributed by atoms with E-state index >= 15 is 0 Å². The van der Waals surface area contributed by atoms with Gasteiger partial charge in [0.05, 0.1) is 0 Å². The first kappa shape index (κ1) is 10.4. The largest absolute Gasteiger partial charge is 0.381 e. The molecule has 0 saturated heterocycles. The Morgan fingerprint density at radius 2 is 1.82 bits per heavy atom. The summed E-state index contributed by atoms with van der Waals surface area (Å²) in [4.78, 5) is 0. The number of hydrogen-bond acceptors (Lipinski definition) is 1. The standard InChI is InChI=1S/C16H17N/c1-12-6-2-3-7-13(12)10-15-11-14-8-4-5-9-16(14)17-15/h2-9,15,17H,10-11H2,1H3/t15-/m1/s1. The van der Waals surface area contributed by atoms with Crippen LogP contribution in [0.1, 0.15) is 16.7 Å². The monoisotopic (exact) mass is 223 g/mol. The average molecular weight is 223 g/mol. The Labute approximate surface area is 102 Å². The molecule has 1 aliphatic heterocycles. The Bertz CT molecular complexity index is 506. The number of rotatable bonds is 2. The summed E-state index contributed by atoms with van der Waals surface area (Å²) in [7, 11) is 0. The maximum atomic E-state index is 3.61. The summed E-state index contributed by atoms with van der Waals surface area (Å²) in [5.74, 6) is 0. The Morgan fingerprint density at radius 1 is 1.06 bits per heavy atom. The van der Waals surface area contributed by atoms with Crippen LogP contribution in [-0.4, -0.2) is 6.04 Å². The zero-order chi connectivity index (χ0) is 11.7. The summed E-state index contributed by atoms with van der Waals surface area (Å²) in [6.07, 6.45) is 2.26. The molecule has 0 saturated carbocycles. The minimum atomic E-state index is 0.550. The first-order valence-corrected chi connectivity index (χ1v) is 6.22. The predicted molar refractivity (Wildman–Crippen MR) is 72.4 cm³/mol. The molecule has 0 radical (unpaired) electrons. The molecule has 1 heteroatoms. The highest BCUT2D eigenvalue weighted by Gasteiger charge is 2.20. The van der Waals surface area contributed by atoms with Gasteiger partial charge in [-0.05, 0) is 42.5 Å². The van der Waals surface area contributed by atoms with Crippen LogP contribution in [-0.2, 0) is 12.8 Å². The molecule has 1 N–H and O–H groups in total. The summed E-state index contributed by atoms with van der Waals surface area (Å²) < 4.78 is 0. The smallest absolute Gasteiger partial charge is 0.0375 e. The molecular formula is C16H17N. The fraction of sp³-hybridized carbons (Fsp3) is 0.250. The number of hydrogen-bond donors (Lipinski definition) is 1. The molecule has 0 fully saturated rings. The van der Waals surface area contributed by atoms with E-state index in [0.29, 0.717) is 6.04 Å². The van der Waals surface area contributed by atoms with Gasteiger partial charge in [0.15, 0.2) is 0 Å². The number of benzene rings is 2. The van der Waals surface area contributed by atoms with E-state index in [1.807, 2.05) is 0 Å². The van der Waals surface area contributed by atoms with Crippen LogP contribution < -0.4 is 5.32 Å². The average Bonchev–Trinajstić information content (AvgIpc) is 2.74. The molecule has 0 unspecified atom stereocenters. The van der Waals surface area contributed by atoms with Crippen LogP contribution in [0.25, 0.3) is 0 Å². The van der Waals surface area contributed by atoms with Gasteiger partial charge in [0, 0.05) is 11.7 Å². The summed E-state index contributed by atoms with van der Waals surface area (Å²) >= 11 is 0. The molecule has 1 heterocycles. The highest BCUT2D eigenvalue weighted by atomic mass is 14.9. The highest BCUT2D eigenvalue weighted by Crippen LogP contribution is 2.27. The van der Waals surface area contributed by atoms with Crippen molar-refractivity contribution in [2.45, 2.75) is 25.8 Å². The number of aryl methyl sites for hydroxylation is 1. The first-order valence-electron chi connectivity index (χ1n) is 6.22. The molecule has 2 aromatic carbocycles. The second-order valence-electron chi connectivity index (χ2n) is 4.83. The van der Waals surface area contributed by atoms with Crippen LogP contribution in [0.4, 0.5) is 5.69 Å². The molecule has 0 spiro atoms. The summed E-state index contributed by atoms with van der Waals surface area (Å²) in [6, 6.07) is 17.8. The summed E-state index contributed by atoms with van der Waals surface area (Å²) in [5.41, 5.74) is 5.61. The molecule has 0 amide bonds. The van der Waals surface area contributed by atoms with Crippen LogP contribution in [0.2, 0.25) is 0 Å². The number of fused-ring (bicyclic) bond motifs is 1. The lowest BCUT2D eigenvalue weighted by molar-refractivity contribution is 0.743. The maximum Gasteiger partial charge on any atom is 0.0375 e. The lowest BCUT2D eigenvalue weighted by atomic mass is 9.99. The minimum absolute atomic E-state index is 0.550. The topological polar surface area (TPSA) is 12.0 Å². The van der Waals surface area contributed by atoms with Crippen molar-refractivity contribution < 1.29 is 0 Å². The molecule has 2 aromatic rings. The molecule has 0 aromatic heterocycles. The number of anilines is 1. The summed E-state index contributed by atoms with van der Waals surface area (Å²) in [5, 5.41) is 3.61. The number of para-hydroxylation sites is 1. The SMILES string of the molecule is Cc1ccccc1C[C@@H]1Cc2ccccc2N1. The van der Waals surface area contributed by atoms with E-state index in [1.165, 1.54) is 22.4 Å². The second-order valence-corrected chi connectivity index (χ2v) is 4.83. The molecule has 17 heavy (non-hydrogen) atoms. The fourth-order valence-electron chi connectivity index (χ4n) is 2.60. The van der Waals surface area contributed by atoms with E-state index in [9.17, 15) is 0 Å². The van der Waals surface area contributed by atoms with Crippen molar-refractivity contribution in [3.05, 3.63) is 65.2 Å². The zero-order valence-electron chi connectivity index (χ0n) is 10.1. The molecular weight excluding hydrogens is 206 g/mol. The van der Waals surface area contributed by atoms with Gasteiger partial charge in [-0.25, -0.2) is 0 Å². The molecule has 3 rings (SSSR count). The quantitative estimate of drug-likeness (QED) is 0.820. The Balaban J connectivity index is 1.76. The molecule has 0 bridgehead atoms. The van der Waals surface area contributed by atoms with E-state index in [2.05, 4.69) is 60.8 Å². The second kappa shape index (κ2) is 4.25. The number of nitrogens with one attached hydrogen (secondary N) is 1. The lowest BCUT2D eigenvalue weighted by Gasteiger charge is -2.13. The van der Waals surface area contributed by atoms with Crippen molar-refractivity contribution in [3.63, 3.8) is 0 Å². The Hall–Kier alpha value is -1.76. The lowest BCUT2D eigenvalue weighted by Crippen LogP contribution is -2.18. The van der Waals surface area contributed by atoms with Crippen molar-refractivity contribution in [1.82, 2.24) is 0 Å². The molecule has 86 valence electrons. The van der Waals surface area contributed by atoms with Crippen LogP contribution in [0.15, 0.2) is 48.5 Å². The van der Waals surface area contributed by atoms with Gasteiger partial charge in [-0.15, -0.1) is 0 Å². The van der Waals surface area contributed by atoms with Gasteiger partial charge in [-0.1, -0.05) is 42.5 Å². The minimum Gasteiger partial charge on any atom is -0.381 e. The van der Waals surface area contributed by atoms with Gasteiger partial charge in [0.1, 0.15) is 0 Å². The van der Waals surface area contributed by atoms with Crippen molar-refractivity contribution in [1.29, 1.82) is 0 Å². The summed E-state index contributed by atoms with van der Waals surface area (Å²) in [6.45, 7) is 2.19. The Kier molecular flexibility index (Phi) is 2.60.